The largest absolute Gasteiger partial charge is 0.399 e. The van der Waals surface area contributed by atoms with Crippen LogP contribution in [0.2, 0.25) is 0 Å². The van der Waals surface area contributed by atoms with Crippen molar-refractivity contribution >= 4 is 23.4 Å². The van der Waals surface area contributed by atoms with Crippen molar-refractivity contribution < 1.29 is 4.79 Å². The number of nitrogens with zero attached hydrogens (tertiary/aromatic N) is 4. The lowest BCUT2D eigenvalue weighted by Gasteiger charge is -2.12. The topological polar surface area (TPSA) is 109 Å². The van der Waals surface area contributed by atoms with E-state index in [0.717, 1.165) is 19.5 Å². The molecule has 2 aromatic heterocycles. The predicted molar refractivity (Wildman–Crippen MR) is 116 cm³/mol. The summed E-state index contributed by atoms with van der Waals surface area (Å²) in [5.74, 6) is 0.575. The molecule has 8 nitrogen and oxygen atoms in total. The number of carbonyl (C=O) groups excluding carboxylic acids is 1. The highest BCUT2D eigenvalue weighted by Crippen LogP contribution is 2.20. The fourth-order valence-corrected chi connectivity index (χ4v) is 2.65. The number of anilines is 3. The lowest BCUT2D eigenvalue weighted by Crippen LogP contribution is -2.18. The molecule has 3 aromatic rings. The molecule has 1 amide bonds. The highest BCUT2D eigenvalue weighted by Gasteiger charge is 2.11. The zero-order chi connectivity index (χ0) is 20.6. The second-order valence-corrected chi connectivity index (χ2v) is 6.84. The summed E-state index contributed by atoms with van der Waals surface area (Å²) in [6.07, 6.45) is 2.64. The minimum atomic E-state index is -0.269. The van der Waals surface area contributed by atoms with Crippen LogP contribution in [-0.4, -0.2) is 52.9 Å². The summed E-state index contributed by atoms with van der Waals surface area (Å²) in [7, 11) is 4.06. The third kappa shape index (κ3) is 5.98. The highest BCUT2D eigenvalue weighted by atomic mass is 16.1. The number of amides is 1. The van der Waals surface area contributed by atoms with Crippen molar-refractivity contribution in [3.8, 4) is 11.4 Å². The first-order valence-corrected chi connectivity index (χ1v) is 9.37. The number of hydrogen-bond acceptors (Lipinski definition) is 7. The summed E-state index contributed by atoms with van der Waals surface area (Å²) < 4.78 is 0. The Bertz CT molecular complexity index is 943. The predicted octanol–water partition coefficient (Wildman–Crippen LogP) is 2.74. The van der Waals surface area contributed by atoms with Gasteiger partial charge in [0.15, 0.2) is 0 Å². The molecule has 150 valence electrons. The van der Waals surface area contributed by atoms with E-state index in [9.17, 15) is 4.79 Å². The molecule has 0 radical (unpaired) electrons. The first kappa shape index (κ1) is 20.2. The van der Waals surface area contributed by atoms with Gasteiger partial charge in [0.2, 0.25) is 5.95 Å². The molecule has 0 spiro atoms. The van der Waals surface area contributed by atoms with Gasteiger partial charge in [0.25, 0.3) is 5.91 Å². The van der Waals surface area contributed by atoms with E-state index in [4.69, 9.17) is 5.73 Å². The molecular weight excluding hydrogens is 366 g/mol. The van der Waals surface area contributed by atoms with Gasteiger partial charge in [-0.3, -0.25) is 9.78 Å². The van der Waals surface area contributed by atoms with Gasteiger partial charge in [0.1, 0.15) is 5.82 Å². The number of hydrogen-bond donors (Lipinski definition) is 3. The summed E-state index contributed by atoms with van der Waals surface area (Å²) in [5.41, 5.74) is 8.12. The summed E-state index contributed by atoms with van der Waals surface area (Å²) >= 11 is 0. The first-order valence-electron chi connectivity index (χ1n) is 9.37. The zero-order valence-corrected chi connectivity index (χ0v) is 16.6. The fourth-order valence-electron chi connectivity index (χ4n) is 2.65. The maximum Gasteiger partial charge on any atom is 0.256 e. The van der Waals surface area contributed by atoms with Crippen molar-refractivity contribution in [3.63, 3.8) is 0 Å². The van der Waals surface area contributed by atoms with Gasteiger partial charge < -0.3 is 21.3 Å². The molecule has 2 heterocycles. The van der Waals surface area contributed by atoms with E-state index in [1.165, 1.54) is 0 Å². The van der Waals surface area contributed by atoms with E-state index >= 15 is 0 Å². The summed E-state index contributed by atoms with van der Waals surface area (Å²) in [4.78, 5) is 28.0. The van der Waals surface area contributed by atoms with Gasteiger partial charge in [-0.15, -0.1) is 0 Å². The van der Waals surface area contributed by atoms with Gasteiger partial charge >= 0.3 is 0 Å². The second-order valence-electron chi connectivity index (χ2n) is 6.84. The van der Waals surface area contributed by atoms with Gasteiger partial charge in [-0.05, 0) is 63.5 Å². The molecule has 0 saturated heterocycles. The molecule has 29 heavy (non-hydrogen) atoms. The number of benzene rings is 1. The van der Waals surface area contributed by atoms with Crippen molar-refractivity contribution in [2.75, 3.05) is 43.6 Å². The maximum absolute atomic E-state index is 12.6. The molecule has 1 aromatic carbocycles. The summed E-state index contributed by atoms with van der Waals surface area (Å²) in [5, 5.41) is 6.06. The number of nitrogen functional groups attached to an aromatic ring is 1. The van der Waals surface area contributed by atoms with Crippen LogP contribution in [0.4, 0.5) is 17.5 Å². The monoisotopic (exact) mass is 391 g/mol. The quantitative estimate of drug-likeness (QED) is 0.400. The molecule has 0 aliphatic heterocycles. The molecule has 4 N–H and O–H groups in total. The average molecular weight is 391 g/mol. The number of nitrogens with one attached hydrogen (secondary N) is 2. The molecule has 3 rings (SSSR count). The third-order valence-corrected chi connectivity index (χ3v) is 4.13. The Balaban J connectivity index is 1.81. The smallest absolute Gasteiger partial charge is 0.256 e. The Morgan fingerprint density at radius 1 is 1.07 bits per heavy atom. The third-order valence-electron chi connectivity index (χ3n) is 4.13. The van der Waals surface area contributed by atoms with Crippen LogP contribution in [0.1, 0.15) is 16.8 Å². The van der Waals surface area contributed by atoms with E-state index in [-0.39, 0.29) is 5.91 Å². The maximum atomic E-state index is 12.6. The molecule has 0 unspecified atom stereocenters. The van der Waals surface area contributed by atoms with Gasteiger partial charge in [0, 0.05) is 30.1 Å². The molecule has 0 aliphatic carbocycles. The molecule has 0 bridgehead atoms. The van der Waals surface area contributed by atoms with Crippen LogP contribution >= 0.6 is 0 Å². The van der Waals surface area contributed by atoms with Crippen molar-refractivity contribution in [3.05, 3.63) is 60.3 Å². The molecule has 0 fully saturated rings. The van der Waals surface area contributed by atoms with Crippen LogP contribution in [0.15, 0.2) is 54.7 Å². The fraction of sp³-hybridized carbons (Fsp3) is 0.238. The molecule has 0 atom stereocenters. The molecule has 8 heteroatoms. The minimum absolute atomic E-state index is 0.269. The van der Waals surface area contributed by atoms with Gasteiger partial charge in [-0.25, -0.2) is 4.98 Å². The Kier molecular flexibility index (Phi) is 6.70. The van der Waals surface area contributed by atoms with Crippen molar-refractivity contribution in [2.45, 2.75) is 6.42 Å². The second kappa shape index (κ2) is 9.61. The van der Waals surface area contributed by atoms with E-state index in [1.807, 2.05) is 32.3 Å². The van der Waals surface area contributed by atoms with E-state index in [0.29, 0.717) is 34.4 Å². The normalized spacial score (nSPS) is 10.7. The van der Waals surface area contributed by atoms with Crippen LogP contribution in [0.25, 0.3) is 11.4 Å². The van der Waals surface area contributed by atoms with Crippen LogP contribution in [0.3, 0.4) is 0 Å². The molecular formula is C21H25N7O. The van der Waals surface area contributed by atoms with E-state index in [2.05, 4.69) is 30.5 Å². The van der Waals surface area contributed by atoms with Crippen LogP contribution < -0.4 is 16.4 Å². The standard InChI is InChI=1S/C21H25N7O/c1-28(2)13-5-12-24-21-25-18(17-6-3-4-11-23-17)14-19(27-21)26-20(29)15-7-9-16(22)10-8-15/h3-4,6-11,14H,5,12-13,22H2,1-2H3,(H2,24,25,26,27,29). The SMILES string of the molecule is CN(C)CCCNc1nc(NC(=O)c2ccc(N)cc2)cc(-c2ccccn2)n1. The van der Waals surface area contributed by atoms with Crippen molar-refractivity contribution in [1.29, 1.82) is 0 Å². The number of nitrogens with two attached hydrogens (primary N) is 1. The number of rotatable bonds is 8. The van der Waals surface area contributed by atoms with Crippen molar-refractivity contribution in [1.82, 2.24) is 19.9 Å². The van der Waals surface area contributed by atoms with Crippen LogP contribution in [-0.2, 0) is 0 Å². The van der Waals surface area contributed by atoms with Gasteiger partial charge in [-0.1, -0.05) is 6.07 Å². The number of aromatic nitrogens is 3. The van der Waals surface area contributed by atoms with E-state index in [1.54, 1.807) is 36.5 Å². The Morgan fingerprint density at radius 2 is 1.86 bits per heavy atom. The Morgan fingerprint density at radius 3 is 2.55 bits per heavy atom. The first-order chi connectivity index (χ1) is 14.0. The summed E-state index contributed by atoms with van der Waals surface area (Å²) in [6, 6.07) is 14.0. The average Bonchev–Trinajstić information content (AvgIpc) is 2.72. The highest BCUT2D eigenvalue weighted by molar-refractivity contribution is 6.04. The Labute approximate surface area is 170 Å². The van der Waals surface area contributed by atoms with Gasteiger partial charge in [-0.2, -0.15) is 4.98 Å². The molecule has 0 saturated carbocycles. The minimum Gasteiger partial charge on any atom is -0.399 e. The zero-order valence-electron chi connectivity index (χ0n) is 16.6. The van der Waals surface area contributed by atoms with E-state index < -0.39 is 0 Å². The summed E-state index contributed by atoms with van der Waals surface area (Å²) in [6.45, 7) is 1.67. The van der Waals surface area contributed by atoms with Crippen molar-refractivity contribution in [2.24, 2.45) is 0 Å². The Hall–Kier alpha value is -3.52. The number of pyridine rings is 1. The van der Waals surface area contributed by atoms with Crippen LogP contribution in [0.5, 0.6) is 0 Å². The lowest BCUT2D eigenvalue weighted by molar-refractivity contribution is 0.102. The van der Waals surface area contributed by atoms with Crippen LogP contribution in [0, 0.1) is 0 Å². The van der Waals surface area contributed by atoms with Gasteiger partial charge in [0.05, 0.1) is 11.4 Å². The lowest BCUT2D eigenvalue weighted by atomic mass is 10.2. The number of carbonyl (C=O) groups is 1. The molecule has 0 aliphatic rings.